The van der Waals surface area contributed by atoms with Crippen LogP contribution in [-0.4, -0.2) is 19.9 Å². The van der Waals surface area contributed by atoms with Crippen molar-refractivity contribution in [2.75, 3.05) is 0 Å². The summed E-state index contributed by atoms with van der Waals surface area (Å²) in [6, 6.07) is 9.99. The number of H-pyrrole nitrogens is 1. The SMILES string of the molecule is CC(Sc1nc(C(F)(F)F)nc2ccccc12)c1nc2scc(-c3ccco3)c2c(=O)[nH]1. The molecule has 4 heterocycles. The molecule has 0 fully saturated rings. The molecule has 0 saturated carbocycles. The largest absolute Gasteiger partial charge is 0.464 e. The minimum Gasteiger partial charge on any atom is -0.464 e. The third-order valence-corrected chi connectivity index (χ3v) is 6.73. The van der Waals surface area contributed by atoms with Crippen LogP contribution in [0, 0.1) is 0 Å². The fraction of sp³-hybridized carbons (Fsp3) is 0.143. The number of fused-ring (bicyclic) bond motifs is 2. The number of furan rings is 1. The number of alkyl halides is 3. The molecule has 0 aliphatic heterocycles. The van der Waals surface area contributed by atoms with Gasteiger partial charge in [0.15, 0.2) is 0 Å². The predicted molar refractivity (Wildman–Crippen MR) is 117 cm³/mol. The molecule has 5 aromatic rings. The summed E-state index contributed by atoms with van der Waals surface area (Å²) in [6.45, 7) is 1.75. The van der Waals surface area contributed by atoms with Crippen molar-refractivity contribution < 1.29 is 17.6 Å². The van der Waals surface area contributed by atoms with Crippen LogP contribution in [0.15, 0.2) is 62.3 Å². The van der Waals surface area contributed by atoms with E-state index in [0.717, 1.165) is 11.8 Å². The molecule has 32 heavy (non-hydrogen) atoms. The van der Waals surface area contributed by atoms with Crippen molar-refractivity contribution in [2.24, 2.45) is 0 Å². The summed E-state index contributed by atoms with van der Waals surface area (Å²) in [5.41, 5.74) is 0.503. The number of hydrogen-bond donors (Lipinski definition) is 1. The molecule has 162 valence electrons. The fourth-order valence-corrected chi connectivity index (χ4v) is 5.19. The van der Waals surface area contributed by atoms with Crippen LogP contribution in [0.3, 0.4) is 0 Å². The molecule has 0 aliphatic rings. The lowest BCUT2D eigenvalue weighted by Gasteiger charge is -2.14. The lowest BCUT2D eigenvalue weighted by atomic mass is 10.2. The minimum atomic E-state index is -4.67. The molecular weight excluding hydrogens is 461 g/mol. The van der Waals surface area contributed by atoms with E-state index in [1.807, 2.05) is 0 Å². The molecule has 0 saturated heterocycles. The van der Waals surface area contributed by atoms with E-state index in [2.05, 4.69) is 19.9 Å². The third kappa shape index (κ3) is 3.67. The number of para-hydroxylation sites is 1. The van der Waals surface area contributed by atoms with Crippen molar-refractivity contribution in [3.05, 3.63) is 70.0 Å². The second-order valence-electron chi connectivity index (χ2n) is 6.89. The van der Waals surface area contributed by atoms with Crippen LogP contribution in [-0.2, 0) is 6.18 Å². The zero-order valence-electron chi connectivity index (χ0n) is 16.3. The summed E-state index contributed by atoms with van der Waals surface area (Å²) in [4.78, 5) is 28.0. The molecule has 11 heteroatoms. The molecule has 0 aliphatic carbocycles. The number of rotatable bonds is 4. The first kappa shape index (κ1) is 20.7. The number of nitrogens with one attached hydrogen (secondary N) is 1. The molecule has 1 unspecified atom stereocenters. The summed E-state index contributed by atoms with van der Waals surface area (Å²) in [5.74, 6) is -0.299. The van der Waals surface area contributed by atoms with E-state index in [0.29, 0.717) is 32.8 Å². The lowest BCUT2D eigenvalue weighted by molar-refractivity contribution is -0.145. The van der Waals surface area contributed by atoms with E-state index in [1.54, 1.807) is 42.6 Å². The highest BCUT2D eigenvalue weighted by Gasteiger charge is 2.35. The maximum atomic E-state index is 13.3. The Hall–Kier alpha value is -3.18. The fourth-order valence-electron chi connectivity index (χ4n) is 3.26. The van der Waals surface area contributed by atoms with Gasteiger partial charge in [-0.3, -0.25) is 4.79 Å². The first-order valence-electron chi connectivity index (χ1n) is 9.37. The molecule has 1 N–H and O–H groups in total. The van der Waals surface area contributed by atoms with Crippen molar-refractivity contribution in [3.63, 3.8) is 0 Å². The van der Waals surface area contributed by atoms with Crippen LogP contribution in [0.2, 0.25) is 0 Å². The van der Waals surface area contributed by atoms with Gasteiger partial charge in [0.05, 0.1) is 22.4 Å². The van der Waals surface area contributed by atoms with Gasteiger partial charge in [-0.1, -0.05) is 30.0 Å². The lowest BCUT2D eigenvalue weighted by Crippen LogP contribution is -2.13. The molecule has 0 spiro atoms. The summed E-state index contributed by atoms with van der Waals surface area (Å²) in [5, 5.41) is 2.40. The summed E-state index contributed by atoms with van der Waals surface area (Å²) >= 11 is 2.38. The number of hydrogen-bond acceptors (Lipinski definition) is 7. The van der Waals surface area contributed by atoms with Crippen molar-refractivity contribution in [3.8, 4) is 11.3 Å². The summed E-state index contributed by atoms with van der Waals surface area (Å²) < 4.78 is 45.3. The Morgan fingerprint density at radius 3 is 2.69 bits per heavy atom. The highest BCUT2D eigenvalue weighted by atomic mass is 32.2. The van der Waals surface area contributed by atoms with E-state index >= 15 is 0 Å². The van der Waals surface area contributed by atoms with Crippen LogP contribution < -0.4 is 5.56 Å². The molecule has 0 amide bonds. The number of nitrogens with zero attached hydrogens (tertiary/aromatic N) is 3. The smallest absolute Gasteiger partial charge is 0.451 e. The van der Waals surface area contributed by atoms with E-state index in [-0.39, 0.29) is 16.1 Å². The van der Waals surface area contributed by atoms with Gasteiger partial charge in [-0.2, -0.15) is 13.2 Å². The maximum absolute atomic E-state index is 13.3. The number of halogens is 3. The highest BCUT2D eigenvalue weighted by Crippen LogP contribution is 2.39. The van der Waals surface area contributed by atoms with Gasteiger partial charge in [0.25, 0.3) is 5.56 Å². The number of thioether (sulfide) groups is 1. The second kappa shape index (κ2) is 7.75. The van der Waals surface area contributed by atoms with E-state index < -0.39 is 17.3 Å². The van der Waals surface area contributed by atoms with Crippen LogP contribution in [0.1, 0.15) is 23.8 Å². The Bertz CT molecular complexity index is 1490. The monoisotopic (exact) mass is 474 g/mol. The molecule has 1 atom stereocenters. The Morgan fingerprint density at radius 2 is 1.94 bits per heavy atom. The van der Waals surface area contributed by atoms with Gasteiger partial charge in [0.1, 0.15) is 21.4 Å². The normalized spacial score (nSPS) is 13.1. The molecule has 0 radical (unpaired) electrons. The van der Waals surface area contributed by atoms with Crippen LogP contribution in [0.4, 0.5) is 13.2 Å². The summed E-state index contributed by atoms with van der Waals surface area (Å²) in [6.07, 6.45) is -3.15. The van der Waals surface area contributed by atoms with Gasteiger partial charge >= 0.3 is 6.18 Å². The van der Waals surface area contributed by atoms with Crippen LogP contribution >= 0.6 is 23.1 Å². The van der Waals surface area contributed by atoms with Crippen molar-refractivity contribution in [2.45, 2.75) is 23.4 Å². The van der Waals surface area contributed by atoms with Crippen molar-refractivity contribution >= 4 is 44.2 Å². The van der Waals surface area contributed by atoms with Gasteiger partial charge in [-0.25, -0.2) is 15.0 Å². The first-order chi connectivity index (χ1) is 15.3. The average molecular weight is 474 g/mol. The third-order valence-electron chi connectivity index (χ3n) is 4.74. The molecular formula is C21H13F3N4O2S2. The Morgan fingerprint density at radius 1 is 1.12 bits per heavy atom. The highest BCUT2D eigenvalue weighted by molar-refractivity contribution is 7.99. The quantitative estimate of drug-likeness (QED) is 0.252. The van der Waals surface area contributed by atoms with Crippen molar-refractivity contribution in [1.82, 2.24) is 19.9 Å². The molecule has 4 aromatic heterocycles. The topological polar surface area (TPSA) is 84.7 Å². The average Bonchev–Trinajstić information content (AvgIpc) is 3.42. The Labute approximate surface area is 186 Å². The second-order valence-corrected chi connectivity index (χ2v) is 9.07. The molecule has 1 aromatic carbocycles. The number of benzene rings is 1. The van der Waals surface area contributed by atoms with Crippen LogP contribution in [0.5, 0.6) is 0 Å². The summed E-state index contributed by atoms with van der Waals surface area (Å²) in [7, 11) is 0. The minimum absolute atomic E-state index is 0.167. The first-order valence-corrected chi connectivity index (χ1v) is 11.1. The van der Waals surface area contributed by atoms with E-state index in [9.17, 15) is 18.0 Å². The van der Waals surface area contributed by atoms with Gasteiger partial charge < -0.3 is 9.40 Å². The maximum Gasteiger partial charge on any atom is 0.451 e. The zero-order valence-corrected chi connectivity index (χ0v) is 17.9. The van der Waals surface area contributed by atoms with Crippen molar-refractivity contribution in [1.29, 1.82) is 0 Å². The Balaban J connectivity index is 1.55. The van der Waals surface area contributed by atoms with Gasteiger partial charge in [-0.15, -0.1) is 11.3 Å². The molecule has 6 nitrogen and oxygen atoms in total. The molecule has 0 bridgehead atoms. The standard InChI is InChI=1S/C21H13F3N4O2S2/c1-10(32-18-11-5-2-3-6-13(11)25-20(28-18)21(22,23)24)16-26-17(29)15-12(9-31-19(15)27-16)14-7-4-8-30-14/h2-10H,1H3,(H,26,27,29). The van der Waals surface area contributed by atoms with E-state index in [1.165, 1.54) is 23.7 Å². The van der Waals surface area contributed by atoms with Gasteiger partial charge in [-0.05, 0) is 25.1 Å². The zero-order chi connectivity index (χ0) is 22.5. The number of aromatic amines is 1. The van der Waals surface area contributed by atoms with E-state index in [4.69, 9.17) is 4.42 Å². The van der Waals surface area contributed by atoms with Gasteiger partial charge in [0, 0.05) is 16.3 Å². The predicted octanol–water partition coefficient (Wildman–Crippen LogP) is 6.06. The Kier molecular flexibility index (Phi) is 5.01. The van der Waals surface area contributed by atoms with Crippen LogP contribution in [0.25, 0.3) is 32.4 Å². The number of aromatic nitrogens is 4. The van der Waals surface area contributed by atoms with Gasteiger partial charge in [0.2, 0.25) is 5.82 Å². The molecule has 5 rings (SSSR count). The number of thiophene rings is 1.